The minimum absolute atomic E-state index is 0.0382. The number of nitrogens with zero attached hydrogens (tertiary/aromatic N) is 2. The number of likely N-dealkylation sites (tertiary alicyclic amines) is 1. The fourth-order valence-corrected chi connectivity index (χ4v) is 5.11. The quantitative estimate of drug-likeness (QED) is 0.574. The number of rotatable bonds is 7. The smallest absolute Gasteiger partial charge is 0.224 e. The summed E-state index contributed by atoms with van der Waals surface area (Å²) in [5, 5.41) is 4.56. The molecule has 2 heterocycles. The first-order valence-electron chi connectivity index (χ1n) is 10.4. The van der Waals surface area contributed by atoms with E-state index >= 15 is 0 Å². The lowest BCUT2D eigenvalue weighted by molar-refractivity contribution is -0.127. The summed E-state index contributed by atoms with van der Waals surface area (Å²) in [6.45, 7) is 7.36. The van der Waals surface area contributed by atoms with Crippen LogP contribution < -0.4 is 5.32 Å². The van der Waals surface area contributed by atoms with Gasteiger partial charge < -0.3 is 15.2 Å². The van der Waals surface area contributed by atoms with Crippen molar-refractivity contribution in [3.8, 4) is 0 Å². The van der Waals surface area contributed by atoms with E-state index in [1.165, 1.54) is 22.0 Å². The van der Waals surface area contributed by atoms with Crippen LogP contribution in [-0.2, 0) is 11.2 Å². The molecular formula is C23H32N4O. The van der Waals surface area contributed by atoms with E-state index in [0.717, 1.165) is 45.4 Å². The Morgan fingerprint density at radius 1 is 1.43 bits per heavy atom. The summed E-state index contributed by atoms with van der Waals surface area (Å²) >= 11 is 0. The molecule has 4 rings (SSSR count). The van der Waals surface area contributed by atoms with Crippen LogP contribution >= 0.6 is 0 Å². The molecule has 150 valence electrons. The van der Waals surface area contributed by atoms with Gasteiger partial charge in [-0.15, -0.1) is 6.58 Å². The van der Waals surface area contributed by atoms with Crippen molar-refractivity contribution in [1.29, 1.82) is 0 Å². The van der Waals surface area contributed by atoms with Gasteiger partial charge in [-0.2, -0.15) is 0 Å². The van der Waals surface area contributed by atoms with Gasteiger partial charge >= 0.3 is 0 Å². The largest absolute Gasteiger partial charge is 0.361 e. The van der Waals surface area contributed by atoms with Crippen LogP contribution in [0.1, 0.15) is 29.9 Å². The van der Waals surface area contributed by atoms with E-state index in [0.29, 0.717) is 12.0 Å². The van der Waals surface area contributed by atoms with Gasteiger partial charge in [-0.3, -0.25) is 9.69 Å². The first kappa shape index (κ1) is 19.2. The molecule has 0 unspecified atom stereocenters. The zero-order chi connectivity index (χ0) is 19.7. The van der Waals surface area contributed by atoms with Gasteiger partial charge in [0.15, 0.2) is 0 Å². The van der Waals surface area contributed by atoms with Crippen LogP contribution in [0.15, 0.2) is 37.1 Å². The van der Waals surface area contributed by atoms with Gasteiger partial charge in [-0.1, -0.05) is 18.2 Å². The minimum atomic E-state index is 0.0382. The highest BCUT2D eigenvalue weighted by molar-refractivity contribution is 5.88. The standard InChI is InChI=1S/C23H32N4O/c1-4-10-27-15-17(23(28)24-9-6-11-26(2)3)12-19-18-7-5-8-20-22(18)16(14-25-20)13-21(19)27/h4-5,7-8,14,17,19,21,25H,1,6,9-13,15H2,2-3H3,(H,24,28)/t17-,19-,21-/m0/s1. The van der Waals surface area contributed by atoms with Gasteiger partial charge in [0.1, 0.15) is 0 Å². The van der Waals surface area contributed by atoms with E-state index in [4.69, 9.17) is 0 Å². The molecule has 0 saturated carbocycles. The van der Waals surface area contributed by atoms with E-state index in [2.05, 4.69) is 65.2 Å². The molecule has 0 bridgehead atoms. The molecule has 2 N–H and O–H groups in total. The number of benzene rings is 1. The molecule has 2 aliphatic rings. The van der Waals surface area contributed by atoms with Crippen LogP contribution in [0.2, 0.25) is 0 Å². The Morgan fingerprint density at radius 2 is 2.29 bits per heavy atom. The molecule has 0 spiro atoms. The minimum Gasteiger partial charge on any atom is -0.361 e. The third-order valence-corrected chi connectivity index (χ3v) is 6.39. The highest BCUT2D eigenvalue weighted by Gasteiger charge is 2.42. The van der Waals surface area contributed by atoms with Gasteiger partial charge in [-0.25, -0.2) is 0 Å². The average molecular weight is 381 g/mol. The van der Waals surface area contributed by atoms with Crippen LogP contribution in [0.4, 0.5) is 0 Å². The molecule has 1 fully saturated rings. The molecule has 1 amide bonds. The number of hydrogen-bond donors (Lipinski definition) is 2. The molecule has 1 aromatic carbocycles. The molecule has 0 radical (unpaired) electrons. The molecule has 5 heteroatoms. The van der Waals surface area contributed by atoms with Gasteiger partial charge in [0.2, 0.25) is 5.91 Å². The Balaban J connectivity index is 1.54. The Hall–Kier alpha value is -2.11. The zero-order valence-corrected chi connectivity index (χ0v) is 17.1. The van der Waals surface area contributed by atoms with Crippen molar-refractivity contribution in [2.45, 2.75) is 31.2 Å². The topological polar surface area (TPSA) is 51.4 Å². The van der Waals surface area contributed by atoms with Crippen molar-refractivity contribution >= 4 is 16.8 Å². The Labute approximate surface area is 167 Å². The van der Waals surface area contributed by atoms with E-state index in [9.17, 15) is 4.79 Å². The maximum atomic E-state index is 12.9. The molecular weight excluding hydrogens is 348 g/mol. The molecule has 1 aliphatic heterocycles. The number of aromatic nitrogens is 1. The van der Waals surface area contributed by atoms with Crippen molar-refractivity contribution in [3.63, 3.8) is 0 Å². The summed E-state index contributed by atoms with van der Waals surface area (Å²) in [4.78, 5) is 21.0. The monoisotopic (exact) mass is 380 g/mol. The van der Waals surface area contributed by atoms with Crippen LogP contribution in [-0.4, -0.2) is 67.0 Å². The Kier molecular flexibility index (Phi) is 5.56. The Bertz CT molecular complexity index is 855. The normalized spacial score (nSPS) is 24.3. The second kappa shape index (κ2) is 8.10. The number of piperidine rings is 1. The predicted molar refractivity (Wildman–Crippen MR) is 115 cm³/mol. The van der Waals surface area contributed by atoms with Crippen LogP contribution in [0.5, 0.6) is 0 Å². The molecule has 5 nitrogen and oxygen atoms in total. The molecule has 1 saturated heterocycles. The number of aromatic amines is 1. The van der Waals surface area contributed by atoms with Gasteiger partial charge in [-0.05, 0) is 57.1 Å². The predicted octanol–water partition coefficient (Wildman–Crippen LogP) is 2.75. The van der Waals surface area contributed by atoms with E-state index in [1.807, 2.05) is 6.08 Å². The summed E-state index contributed by atoms with van der Waals surface area (Å²) in [7, 11) is 4.13. The molecule has 1 aromatic heterocycles. The third-order valence-electron chi connectivity index (χ3n) is 6.39. The number of amides is 1. The van der Waals surface area contributed by atoms with Crippen LogP contribution in [0.3, 0.4) is 0 Å². The van der Waals surface area contributed by atoms with Crippen molar-refractivity contribution in [3.05, 3.63) is 48.2 Å². The van der Waals surface area contributed by atoms with Gasteiger partial charge in [0.05, 0.1) is 5.92 Å². The SMILES string of the molecule is C=CCN1C[C@@H](C(=O)NCCCN(C)C)C[C@H]2c3cccc4[nH]cc(c34)C[C@@H]21. The number of nitrogens with one attached hydrogen (secondary N) is 2. The first-order chi connectivity index (χ1) is 13.6. The fraction of sp³-hybridized carbons (Fsp3) is 0.522. The number of carbonyl (C=O) groups excluding carboxylic acids is 1. The number of hydrogen-bond acceptors (Lipinski definition) is 3. The molecule has 28 heavy (non-hydrogen) atoms. The Morgan fingerprint density at radius 3 is 3.07 bits per heavy atom. The lowest BCUT2D eigenvalue weighted by atomic mass is 9.72. The van der Waals surface area contributed by atoms with Crippen molar-refractivity contribution in [2.75, 3.05) is 40.3 Å². The van der Waals surface area contributed by atoms with E-state index in [1.54, 1.807) is 0 Å². The second-order valence-corrected chi connectivity index (χ2v) is 8.58. The highest BCUT2D eigenvalue weighted by atomic mass is 16.1. The number of H-pyrrole nitrogens is 1. The molecule has 2 aromatic rings. The second-order valence-electron chi connectivity index (χ2n) is 8.58. The first-order valence-corrected chi connectivity index (χ1v) is 10.4. The van der Waals surface area contributed by atoms with Crippen molar-refractivity contribution < 1.29 is 4.79 Å². The summed E-state index contributed by atoms with van der Waals surface area (Å²) in [5.41, 5.74) is 4.04. The van der Waals surface area contributed by atoms with Crippen molar-refractivity contribution in [1.82, 2.24) is 20.1 Å². The summed E-state index contributed by atoms with van der Waals surface area (Å²) < 4.78 is 0. The molecule has 1 aliphatic carbocycles. The van der Waals surface area contributed by atoms with E-state index < -0.39 is 0 Å². The lowest BCUT2D eigenvalue weighted by Gasteiger charge is -2.46. The van der Waals surface area contributed by atoms with Crippen molar-refractivity contribution in [2.24, 2.45) is 5.92 Å². The van der Waals surface area contributed by atoms with Crippen LogP contribution in [0, 0.1) is 5.92 Å². The zero-order valence-electron chi connectivity index (χ0n) is 17.1. The summed E-state index contributed by atoms with van der Waals surface area (Å²) in [6, 6.07) is 7.01. The maximum absolute atomic E-state index is 12.9. The maximum Gasteiger partial charge on any atom is 0.224 e. The van der Waals surface area contributed by atoms with E-state index in [-0.39, 0.29) is 11.8 Å². The fourth-order valence-electron chi connectivity index (χ4n) is 5.11. The third kappa shape index (κ3) is 3.61. The number of carbonyl (C=O) groups is 1. The highest BCUT2D eigenvalue weighted by Crippen LogP contribution is 2.44. The summed E-state index contributed by atoms with van der Waals surface area (Å²) in [5.74, 6) is 0.646. The average Bonchev–Trinajstić information content (AvgIpc) is 3.10. The van der Waals surface area contributed by atoms with Gasteiger partial charge in [0.25, 0.3) is 0 Å². The lowest BCUT2D eigenvalue weighted by Crippen LogP contribution is -2.53. The van der Waals surface area contributed by atoms with Gasteiger partial charge in [0, 0.05) is 48.7 Å². The molecule has 3 atom stereocenters. The number of fused-ring (bicyclic) bond motifs is 2. The van der Waals surface area contributed by atoms with Crippen LogP contribution in [0.25, 0.3) is 10.9 Å². The summed E-state index contributed by atoms with van der Waals surface area (Å²) in [6.07, 6.45) is 7.11.